The molecule has 0 spiro atoms. The zero-order valence-corrected chi connectivity index (χ0v) is 16.1. The minimum absolute atomic E-state index is 0.619. The summed E-state index contributed by atoms with van der Waals surface area (Å²) in [5.41, 5.74) is 6.83. The van der Waals surface area contributed by atoms with Crippen LogP contribution in [0.15, 0.2) is 48.5 Å². The lowest BCUT2D eigenvalue weighted by Crippen LogP contribution is -2.49. The molecular weight excluding hydrogens is 348 g/mol. The van der Waals surface area contributed by atoms with Crippen molar-refractivity contribution in [3.8, 4) is 11.5 Å². The number of hydrogen-bond donors (Lipinski definition) is 1. The number of rotatable bonds is 7. The number of methoxy groups -OCH3 is 2. The molecule has 0 radical (unpaired) electrons. The van der Waals surface area contributed by atoms with Crippen LogP contribution in [0.4, 0.5) is 5.69 Å². The number of nitrogens with one attached hydrogen (secondary N) is 1. The first kappa shape index (κ1) is 18.3. The Hall–Kier alpha value is -2.46. The van der Waals surface area contributed by atoms with Crippen LogP contribution in [0.1, 0.15) is 17.8 Å². The van der Waals surface area contributed by atoms with Gasteiger partial charge in [0.15, 0.2) is 11.5 Å². The number of pyridine rings is 1. The third-order valence-electron chi connectivity index (χ3n) is 4.42. The summed E-state index contributed by atoms with van der Waals surface area (Å²) in [6, 6.07) is 16.4. The number of hydrogen-bond acceptors (Lipinski definition) is 3. The van der Waals surface area contributed by atoms with Crippen molar-refractivity contribution in [2.24, 2.45) is 0 Å². The van der Waals surface area contributed by atoms with E-state index in [2.05, 4.69) is 35.2 Å². The highest BCUT2D eigenvalue weighted by Crippen LogP contribution is 2.33. The molecule has 0 fully saturated rings. The Kier molecular flexibility index (Phi) is 5.84. The number of halogens is 1. The summed E-state index contributed by atoms with van der Waals surface area (Å²) >= 11 is 5.99. The fraction of sp³-hybridized carbons (Fsp3) is 0.286. The lowest BCUT2D eigenvalue weighted by atomic mass is 10.0. The molecule has 1 heterocycles. The van der Waals surface area contributed by atoms with Gasteiger partial charge in [0.1, 0.15) is 0 Å². The van der Waals surface area contributed by atoms with Gasteiger partial charge >= 0.3 is 0 Å². The molecule has 0 aliphatic heterocycles. The molecule has 3 rings (SSSR count). The van der Waals surface area contributed by atoms with E-state index in [1.54, 1.807) is 14.2 Å². The first-order valence-electron chi connectivity index (χ1n) is 8.66. The summed E-state index contributed by atoms with van der Waals surface area (Å²) in [6.45, 7) is 2.09. The lowest BCUT2D eigenvalue weighted by Gasteiger charge is -2.13. The molecule has 5 heteroatoms. The highest BCUT2D eigenvalue weighted by atomic mass is 35.5. The van der Waals surface area contributed by atoms with E-state index in [1.807, 2.05) is 30.3 Å². The molecule has 0 aliphatic rings. The number of benzene rings is 2. The largest absolute Gasteiger partial charge is 0.493 e. The van der Waals surface area contributed by atoms with E-state index in [4.69, 9.17) is 21.1 Å². The lowest BCUT2D eigenvalue weighted by molar-refractivity contribution is -0.655. The zero-order valence-electron chi connectivity index (χ0n) is 15.4. The van der Waals surface area contributed by atoms with E-state index < -0.39 is 0 Å². The predicted octanol–water partition coefficient (Wildman–Crippen LogP) is 4.50. The number of fused-ring (bicyclic) bond motifs is 1. The molecule has 0 saturated carbocycles. The summed E-state index contributed by atoms with van der Waals surface area (Å²) in [5, 5.41) is 2.25. The van der Waals surface area contributed by atoms with Crippen LogP contribution >= 0.6 is 11.6 Å². The van der Waals surface area contributed by atoms with Gasteiger partial charge < -0.3 is 9.47 Å². The van der Waals surface area contributed by atoms with Crippen molar-refractivity contribution in [3.05, 3.63) is 59.9 Å². The molecule has 0 amide bonds. The topological polar surface area (TPSA) is 34.4 Å². The number of nitrogens with zero attached hydrogens (tertiary/aromatic N) is 1. The van der Waals surface area contributed by atoms with Crippen LogP contribution in [0.2, 0.25) is 0 Å². The maximum Gasteiger partial charge on any atom is 0.220 e. The molecule has 0 unspecified atom stereocenters. The molecule has 4 nitrogen and oxygen atoms in total. The number of aromatic nitrogens is 1. The number of para-hydroxylation sites is 1. The van der Waals surface area contributed by atoms with Gasteiger partial charge in [0.2, 0.25) is 11.4 Å². The first-order chi connectivity index (χ1) is 12.7. The van der Waals surface area contributed by atoms with Gasteiger partial charge in [0, 0.05) is 25.3 Å². The van der Waals surface area contributed by atoms with E-state index in [0.717, 1.165) is 46.5 Å². The van der Waals surface area contributed by atoms with Crippen LogP contribution in [-0.4, -0.2) is 20.1 Å². The fourth-order valence-corrected chi connectivity index (χ4v) is 3.30. The minimum atomic E-state index is 0.619. The van der Waals surface area contributed by atoms with Crippen molar-refractivity contribution in [3.63, 3.8) is 0 Å². The zero-order chi connectivity index (χ0) is 18.5. The highest BCUT2D eigenvalue weighted by molar-refractivity contribution is 6.17. The van der Waals surface area contributed by atoms with Crippen molar-refractivity contribution in [2.45, 2.75) is 19.8 Å². The van der Waals surface area contributed by atoms with Gasteiger partial charge in [-0.3, -0.25) is 0 Å². The Morgan fingerprint density at radius 3 is 2.35 bits per heavy atom. The molecule has 1 N–H and O–H groups in total. The summed E-state index contributed by atoms with van der Waals surface area (Å²) < 4.78 is 13.1. The van der Waals surface area contributed by atoms with Crippen LogP contribution < -0.4 is 19.6 Å². The summed E-state index contributed by atoms with van der Waals surface area (Å²) in [5.74, 6) is 2.08. The van der Waals surface area contributed by atoms with Gasteiger partial charge in [-0.2, -0.15) is 5.43 Å². The van der Waals surface area contributed by atoms with Gasteiger partial charge in [0.25, 0.3) is 0 Å². The molecule has 26 heavy (non-hydrogen) atoms. The maximum atomic E-state index is 5.99. The second-order valence-corrected chi connectivity index (χ2v) is 6.51. The Bertz CT molecular complexity index is 898. The minimum Gasteiger partial charge on any atom is -0.493 e. The molecule has 1 aromatic heterocycles. The van der Waals surface area contributed by atoms with Gasteiger partial charge in [-0.25, -0.2) is 0 Å². The molecule has 3 aromatic rings. The van der Waals surface area contributed by atoms with Gasteiger partial charge in [-0.1, -0.05) is 22.9 Å². The quantitative estimate of drug-likeness (QED) is 0.490. The number of aryl methyl sites for hydroxylation is 2. The SMILES string of the molecule is COc1cc2cc(C)[n+](Nc3ccccc3)c(CCCCl)c2cc1OC. The molecular formula is C21H24ClN2O2+. The Labute approximate surface area is 159 Å². The number of alkyl halides is 1. The van der Waals surface area contributed by atoms with Gasteiger partial charge in [0.05, 0.1) is 25.3 Å². The highest BCUT2D eigenvalue weighted by Gasteiger charge is 2.22. The standard InChI is InChI=1S/C21H24ClN2O2/c1-15-12-16-13-20(25-2)21(26-3)14-18(16)19(10-7-11-22)24(15)23-17-8-5-4-6-9-17/h4-6,8-9,12-14,23H,7,10-11H2,1-3H3/q+1. The van der Waals surface area contributed by atoms with Crippen molar-refractivity contribution < 1.29 is 14.1 Å². The van der Waals surface area contributed by atoms with Crippen LogP contribution in [0.25, 0.3) is 10.8 Å². The van der Waals surface area contributed by atoms with Crippen LogP contribution in [0.5, 0.6) is 11.5 Å². The van der Waals surface area contributed by atoms with Crippen molar-refractivity contribution >= 4 is 28.1 Å². The predicted molar refractivity (Wildman–Crippen MR) is 106 cm³/mol. The van der Waals surface area contributed by atoms with E-state index >= 15 is 0 Å². The third-order valence-corrected chi connectivity index (χ3v) is 4.68. The van der Waals surface area contributed by atoms with E-state index in [1.165, 1.54) is 5.69 Å². The van der Waals surface area contributed by atoms with E-state index in [0.29, 0.717) is 5.88 Å². The monoisotopic (exact) mass is 371 g/mol. The summed E-state index contributed by atoms with van der Waals surface area (Å²) in [7, 11) is 3.32. The first-order valence-corrected chi connectivity index (χ1v) is 9.19. The fourth-order valence-electron chi connectivity index (χ4n) is 3.17. The van der Waals surface area contributed by atoms with Gasteiger partial charge in [-0.05, 0) is 36.1 Å². The second-order valence-electron chi connectivity index (χ2n) is 6.13. The molecule has 136 valence electrons. The smallest absolute Gasteiger partial charge is 0.220 e. The normalized spacial score (nSPS) is 10.8. The molecule has 0 bridgehead atoms. The average Bonchev–Trinajstić information content (AvgIpc) is 2.67. The number of anilines is 1. The third kappa shape index (κ3) is 3.70. The molecule has 0 aliphatic carbocycles. The Morgan fingerprint density at radius 2 is 1.69 bits per heavy atom. The number of ether oxygens (including phenoxy) is 2. The Morgan fingerprint density at radius 1 is 1.00 bits per heavy atom. The molecule has 0 saturated heterocycles. The van der Waals surface area contributed by atoms with E-state index in [-0.39, 0.29) is 0 Å². The maximum absolute atomic E-state index is 5.99. The van der Waals surface area contributed by atoms with Crippen LogP contribution in [0.3, 0.4) is 0 Å². The average molecular weight is 372 g/mol. The van der Waals surface area contributed by atoms with Gasteiger partial charge in [-0.15, -0.1) is 11.6 Å². The van der Waals surface area contributed by atoms with Crippen molar-refractivity contribution in [1.29, 1.82) is 0 Å². The summed E-state index contributed by atoms with van der Waals surface area (Å²) in [4.78, 5) is 0. The van der Waals surface area contributed by atoms with Crippen molar-refractivity contribution in [2.75, 3.05) is 25.5 Å². The summed E-state index contributed by atoms with van der Waals surface area (Å²) in [6.07, 6.45) is 1.75. The van der Waals surface area contributed by atoms with E-state index in [9.17, 15) is 0 Å². The molecule has 0 atom stereocenters. The molecule has 2 aromatic carbocycles. The van der Waals surface area contributed by atoms with Crippen LogP contribution in [0, 0.1) is 6.92 Å². The Balaban J connectivity index is 2.20. The van der Waals surface area contributed by atoms with Crippen molar-refractivity contribution in [1.82, 2.24) is 0 Å². The van der Waals surface area contributed by atoms with Crippen LogP contribution in [-0.2, 0) is 6.42 Å². The second kappa shape index (κ2) is 8.28.